The second kappa shape index (κ2) is 3.76. The number of amides is 2. The van der Waals surface area contributed by atoms with Gasteiger partial charge in [-0.2, -0.15) is 0 Å². The number of ketones is 1. The minimum atomic E-state index is -0.751. The van der Waals surface area contributed by atoms with Crippen molar-refractivity contribution >= 4 is 17.5 Å². The first-order valence-electron chi connectivity index (χ1n) is 2.85. The van der Waals surface area contributed by atoms with Crippen LogP contribution in [0.25, 0.3) is 0 Å². The molecule has 0 radical (unpaired) electrons. The Morgan fingerprint density at radius 1 is 1.40 bits per heavy atom. The summed E-state index contributed by atoms with van der Waals surface area (Å²) in [5.74, 6) is -0.0255. The van der Waals surface area contributed by atoms with E-state index in [4.69, 9.17) is 5.73 Å². The molecule has 2 N–H and O–H groups in total. The van der Waals surface area contributed by atoms with Crippen LogP contribution in [0, 0.1) is 0 Å². The van der Waals surface area contributed by atoms with Gasteiger partial charge in [0.15, 0.2) is 0 Å². The summed E-state index contributed by atoms with van der Waals surface area (Å²) < 4.78 is 0. The molecular formula is C6H10N2O2. The number of carbonyl (C=O) groups excluding carboxylic acids is 2. The van der Waals surface area contributed by atoms with Crippen molar-refractivity contribution in [3.63, 3.8) is 0 Å². The maximum Gasteiger partial charge on any atom is 0.338 e. The summed E-state index contributed by atoms with van der Waals surface area (Å²) in [5.41, 5.74) is 5.19. The molecular weight excluding hydrogens is 132 g/mol. The highest BCUT2D eigenvalue weighted by Crippen LogP contribution is 1.87. The number of carbonyl (C=O) groups is 2. The molecule has 0 unspecified atom stereocenters. The van der Waals surface area contributed by atoms with E-state index in [0.29, 0.717) is 5.71 Å². The topological polar surface area (TPSA) is 72.5 Å². The van der Waals surface area contributed by atoms with Crippen LogP contribution >= 0.6 is 0 Å². The van der Waals surface area contributed by atoms with E-state index >= 15 is 0 Å². The maximum absolute atomic E-state index is 10.4. The smallest absolute Gasteiger partial charge is 0.338 e. The van der Waals surface area contributed by atoms with Gasteiger partial charge in [-0.1, -0.05) is 0 Å². The molecule has 0 aromatic rings. The van der Waals surface area contributed by atoms with E-state index in [-0.39, 0.29) is 12.2 Å². The van der Waals surface area contributed by atoms with Crippen LogP contribution < -0.4 is 5.73 Å². The van der Waals surface area contributed by atoms with Gasteiger partial charge in [-0.05, 0) is 13.8 Å². The van der Waals surface area contributed by atoms with Crippen LogP contribution in [0.2, 0.25) is 0 Å². The third-order valence-corrected chi connectivity index (χ3v) is 0.806. The Bertz CT molecular complexity index is 184. The zero-order valence-electron chi connectivity index (χ0n) is 6.05. The van der Waals surface area contributed by atoms with Gasteiger partial charge in [0.25, 0.3) is 0 Å². The summed E-state index contributed by atoms with van der Waals surface area (Å²) in [6.07, 6.45) is 0.197. The van der Waals surface area contributed by atoms with Crippen LogP contribution in [0.3, 0.4) is 0 Å². The van der Waals surface area contributed by atoms with Crippen molar-refractivity contribution in [1.29, 1.82) is 0 Å². The summed E-state index contributed by atoms with van der Waals surface area (Å²) in [5, 5.41) is 0. The molecule has 0 aliphatic rings. The van der Waals surface area contributed by atoms with Crippen molar-refractivity contribution in [3.8, 4) is 0 Å². The van der Waals surface area contributed by atoms with Gasteiger partial charge in [0.1, 0.15) is 5.78 Å². The molecule has 0 saturated heterocycles. The summed E-state index contributed by atoms with van der Waals surface area (Å²) in [6.45, 7) is 3.02. The molecule has 10 heavy (non-hydrogen) atoms. The molecule has 0 atom stereocenters. The van der Waals surface area contributed by atoms with E-state index in [9.17, 15) is 9.59 Å². The van der Waals surface area contributed by atoms with Crippen molar-refractivity contribution in [3.05, 3.63) is 0 Å². The molecule has 0 bridgehead atoms. The van der Waals surface area contributed by atoms with Crippen LogP contribution in [0.4, 0.5) is 4.79 Å². The standard InChI is InChI=1S/C6H10N2O2/c1-4(3-5(2)9)8-6(7)10/h3H2,1-2H3,(H2,7,10)/b8-4+. The third kappa shape index (κ3) is 4.96. The molecule has 56 valence electrons. The third-order valence-electron chi connectivity index (χ3n) is 0.806. The Morgan fingerprint density at radius 2 is 1.90 bits per heavy atom. The average Bonchev–Trinajstić information content (AvgIpc) is 1.58. The maximum atomic E-state index is 10.4. The SMILES string of the molecule is CC(=O)C/C(C)=N/C(N)=O. The molecule has 0 saturated carbocycles. The van der Waals surface area contributed by atoms with Crippen molar-refractivity contribution in [2.75, 3.05) is 0 Å². The Kier molecular flexibility index (Phi) is 3.32. The number of aliphatic imine (C=N–C) groups is 1. The van der Waals surface area contributed by atoms with Gasteiger partial charge in [-0.15, -0.1) is 0 Å². The van der Waals surface area contributed by atoms with Crippen LogP contribution in [0.15, 0.2) is 4.99 Å². The minimum absolute atomic E-state index is 0.0255. The lowest BCUT2D eigenvalue weighted by molar-refractivity contribution is -0.115. The summed E-state index contributed by atoms with van der Waals surface area (Å²) in [4.78, 5) is 23.9. The zero-order chi connectivity index (χ0) is 8.15. The largest absolute Gasteiger partial charge is 0.350 e. The number of primary amides is 1. The number of nitrogens with zero attached hydrogens (tertiary/aromatic N) is 1. The second-order valence-corrected chi connectivity index (χ2v) is 2.06. The van der Waals surface area contributed by atoms with Crippen molar-refractivity contribution in [2.45, 2.75) is 20.3 Å². The van der Waals surface area contributed by atoms with Gasteiger partial charge < -0.3 is 5.73 Å². The zero-order valence-corrected chi connectivity index (χ0v) is 6.05. The summed E-state index contributed by atoms with van der Waals surface area (Å²) in [7, 11) is 0. The van der Waals surface area contributed by atoms with E-state index in [1.54, 1.807) is 6.92 Å². The molecule has 0 rings (SSSR count). The highest BCUT2D eigenvalue weighted by molar-refractivity contribution is 6.03. The van der Waals surface area contributed by atoms with Crippen molar-refractivity contribution in [2.24, 2.45) is 10.7 Å². The lowest BCUT2D eigenvalue weighted by Gasteiger charge is -1.91. The van der Waals surface area contributed by atoms with Gasteiger partial charge in [0.05, 0.1) is 0 Å². The normalized spacial score (nSPS) is 11.2. The molecule has 0 fully saturated rings. The van der Waals surface area contributed by atoms with Gasteiger partial charge in [-0.25, -0.2) is 9.79 Å². The van der Waals surface area contributed by atoms with E-state index in [0.717, 1.165) is 0 Å². The number of hydrogen-bond acceptors (Lipinski definition) is 2. The number of urea groups is 1. The quantitative estimate of drug-likeness (QED) is 0.570. The van der Waals surface area contributed by atoms with Gasteiger partial charge >= 0.3 is 6.03 Å². The number of rotatable bonds is 2. The first-order chi connectivity index (χ1) is 4.52. The van der Waals surface area contributed by atoms with E-state index < -0.39 is 6.03 Å². The minimum Gasteiger partial charge on any atom is -0.350 e. The number of nitrogens with two attached hydrogens (primary N) is 1. The van der Waals surface area contributed by atoms with Crippen molar-refractivity contribution in [1.82, 2.24) is 0 Å². The lowest BCUT2D eigenvalue weighted by Crippen LogP contribution is -2.09. The summed E-state index contributed by atoms with van der Waals surface area (Å²) in [6, 6.07) is -0.751. The predicted molar refractivity (Wildman–Crippen MR) is 38.0 cm³/mol. The number of hydrogen-bond donors (Lipinski definition) is 1. The Hall–Kier alpha value is -1.19. The van der Waals surface area contributed by atoms with Crippen molar-refractivity contribution < 1.29 is 9.59 Å². The van der Waals surface area contributed by atoms with E-state index in [2.05, 4.69) is 4.99 Å². The van der Waals surface area contributed by atoms with Crippen LogP contribution in [0.5, 0.6) is 0 Å². The van der Waals surface area contributed by atoms with E-state index in [1.807, 2.05) is 0 Å². The second-order valence-electron chi connectivity index (χ2n) is 2.06. The number of Topliss-reactive ketones (excluding diaryl/α,β-unsaturated/α-hetero) is 1. The molecule has 4 heteroatoms. The Labute approximate surface area is 59.1 Å². The molecule has 2 amide bonds. The molecule has 0 spiro atoms. The molecule has 0 heterocycles. The van der Waals surface area contributed by atoms with Gasteiger partial charge in [-0.3, -0.25) is 4.79 Å². The Morgan fingerprint density at radius 3 is 2.20 bits per heavy atom. The van der Waals surface area contributed by atoms with Gasteiger partial charge in [0.2, 0.25) is 0 Å². The highest BCUT2D eigenvalue weighted by Gasteiger charge is 1.97. The molecule has 0 aliphatic carbocycles. The molecule has 0 aromatic heterocycles. The highest BCUT2D eigenvalue weighted by atomic mass is 16.2. The summed E-state index contributed by atoms with van der Waals surface area (Å²) >= 11 is 0. The Balaban J connectivity index is 3.95. The fraction of sp³-hybridized carbons (Fsp3) is 0.500. The molecule has 4 nitrogen and oxygen atoms in total. The molecule has 0 aromatic carbocycles. The first-order valence-corrected chi connectivity index (χ1v) is 2.85. The predicted octanol–water partition coefficient (Wildman–Crippen LogP) is 0.505. The van der Waals surface area contributed by atoms with Gasteiger partial charge in [0, 0.05) is 12.1 Å². The van der Waals surface area contributed by atoms with E-state index in [1.165, 1.54) is 6.92 Å². The lowest BCUT2D eigenvalue weighted by atomic mass is 10.2. The van der Waals surface area contributed by atoms with Crippen LogP contribution in [-0.2, 0) is 4.79 Å². The molecule has 0 aliphatic heterocycles. The van der Waals surface area contributed by atoms with Crippen LogP contribution in [-0.4, -0.2) is 17.5 Å². The fourth-order valence-electron chi connectivity index (χ4n) is 0.588. The monoisotopic (exact) mass is 142 g/mol. The average molecular weight is 142 g/mol. The first kappa shape index (κ1) is 8.81. The fourth-order valence-corrected chi connectivity index (χ4v) is 0.588. The van der Waals surface area contributed by atoms with Crippen LogP contribution in [0.1, 0.15) is 20.3 Å².